The van der Waals surface area contributed by atoms with E-state index in [1.54, 1.807) is 12.1 Å². The SMILES string of the molecule is N#Cc1ccc(CCN[C@H](c2ccccc2)[C@@H]2Nc3c(C#N)cncc3NC2=O)cc1. The first kappa shape index (κ1) is 20.1. The predicted octanol–water partition coefficient (Wildman–Crippen LogP) is 3.13. The summed E-state index contributed by atoms with van der Waals surface area (Å²) in [4.78, 5) is 16.9. The monoisotopic (exact) mass is 408 g/mol. The minimum Gasteiger partial charge on any atom is -0.369 e. The summed E-state index contributed by atoms with van der Waals surface area (Å²) in [7, 11) is 0. The van der Waals surface area contributed by atoms with Gasteiger partial charge in [-0.3, -0.25) is 9.78 Å². The van der Waals surface area contributed by atoms with Crippen LogP contribution >= 0.6 is 0 Å². The van der Waals surface area contributed by atoms with Crippen LogP contribution in [-0.2, 0) is 11.2 Å². The van der Waals surface area contributed by atoms with Gasteiger partial charge in [0.1, 0.15) is 12.1 Å². The molecule has 2 heterocycles. The maximum absolute atomic E-state index is 12.9. The lowest BCUT2D eigenvalue weighted by molar-refractivity contribution is -0.117. The molecular weight excluding hydrogens is 388 g/mol. The highest BCUT2D eigenvalue weighted by Gasteiger charge is 2.34. The lowest BCUT2D eigenvalue weighted by Crippen LogP contribution is -2.48. The lowest BCUT2D eigenvalue weighted by Gasteiger charge is -2.33. The lowest BCUT2D eigenvalue weighted by atomic mass is 9.95. The zero-order valence-electron chi connectivity index (χ0n) is 16.7. The van der Waals surface area contributed by atoms with Gasteiger partial charge in [0, 0.05) is 6.20 Å². The Labute approximate surface area is 180 Å². The summed E-state index contributed by atoms with van der Waals surface area (Å²) in [6.07, 6.45) is 3.76. The number of hydrogen-bond donors (Lipinski definition) is 3. The van der Waals surface area contributed by atoms with Gasteiger partial charge in [-0.1, -0.05) is 42.5 Å². The van der Waals surface area contributed by atoms with Crippen molar-refractivity contribution in [3.05, 3.63) is 89.2 Å². The number of nitrogens with zero attached hydrogens (tertiary/aromatic N) is 3. The molecule has 0 radical (unpaired) electrons. The van der Waals surface area contributed by atoms with Gasteiger partial charge < -0.3 is 16.0 Å². The molecule has 1 amide bonds. The van der Waals surface area contributed by atoms with Crippen molar-refractivity contribution in [3.8, 4) is 12.1 Å². The number of fused-ring (bicyclic) bond motifs is 1. The number of carbonyl (C=O) groups is 1. The molecule has 7 heteroatoms. The van der Waals surface area contributed by atoms with Crippen LogP contribution in [0.4, 0.5) is 11.4 Å². The van der Waals surface area contributed by atoms with E-state index in [9.17, 15) is 10.1 Å². The number of rotatable bonds is 6. The molecule has 3 aromatic rings. The second-order valence-electron chi connectivity index (χ2n) is 7.23. The number of aromatic nitrogens is 1. The highest BCUT2D eigenvalue weighted by molar-refractivity contribution is 6.04. The van der Waals surface area contributed by atoms with Crippen LogP contribution in [0.1, 0.15) is 28.3 Å². The molecule has 0 aliphatic carbocycles. The Kier molecular flexibility index (Phi) is 5.89. The first-order valence-corrected chi connectivity index (χ1v) is 9.92. The summed E-state index contributed by atoms with van der Waals surface area (Å²) in [5.41, 5.74) is 4.16. The summed E-state index contributed by atoms with van der Waals surface area (Å²) < 4.78 is 0. The summed E-state index contributed by atoms with van der Waals surface area (Å²) in [6, 6.07) is 20.5. The number of benzene rings is 2. The Bertz CT molecular complexity index is 1160. The van der Waals surface area contributed by atoms with Crippen LogP contribution in [0.3, 0.4) is 0 Å². The van der Waals surface area contributed by atoms with Crippen molar-refractivity contribution >= 4 is 17.3 Å². The number of pyridine rings is 1. The Hall–Kier alpha value is -4.20. The average molecular weight is 408 g/mol. The molecule has 31 heavy (non-hydrogen) atoms. The van der Waals surface area contributed by atoms with Gasteiger partial charge in [-0.25, -0.2) is 0 Å². The zero-order chi connectivity index (χ0) is 21.6. The molecular formula is C24H20N6O. The van der Waals surface area contributed by atoms with Gasteiger partial charge in [0.25, 0.3) is 0 Å². The second kappa shape index (κ2) is 9.08. The van der Waals surface area contributed by atoms with E-state index in [-0.39, 0.29) is 11.9 Å². The van der Waals surface area contributed by atoms with Gasteiger partial charge in [-0.15, -0.1) is 0 Å². The number of carbonyl (C=O) groups excluding carboxylic acids is 1. The molecule has 2 aromatic carbocycles. The fourth-order valence-corrected chi connectivity index (χ4v) is 3.67. The Morgan fingerprint density at radius 3 is 2.52 bits per heavy atom. The van der Waals surface area contributed by atoms with Gasteiger partial charge in [0.05, 0.1) is 40.8 Å². The Balaban J connectivity index is 1.56. The third-order valence-corrected chi connectivity index (χ3v) is 5.26. The standard InChI is InChI=1S/C24H20N6O/c25-12-17-8-6-16(7-9-17)10-11-28-22(18-4-2-1-3-5-18)23-24(31)29-20-15-27-14-19(13-26)21(20)30-23/h1-9,14-15,22-23,28,30H,10-11H2,(H,29,31)/t22-,23+/m1/s1. The maximum atomic E-state index is 12.9. The van der Waals surface area contributed by atoms with Gasteiger partial charge in [0.2, 0.25) is 5.91 Å². The fraction of sp³-hybridized carbons (Fsp3) is 0.167. The second-order valence-corrected chi connectivity index (χ2v) is 7.23. The normalized spacial score (nSPS) is 15.5. The molecule has 152 valence electrons. The maximum Gasteiger partial charge on any atom is 0.248 e. The van der Waals surface area contributed by atoms with Gasteiger partial charge in [-0.05, 0) is 36.2 Å². The third kappa shape index (κ3) is 4.37. The number of amides is 1. The van der Waals surface area contributed by atoms with Crippen molar-refractivity contribution in [1.29, 1.82) is 10.5 Å². The van der Waals surface area contributed by atoms with E-state index in [1.807, 2.05) is 42.5 Å². The van der Waals surface area contributed by atoms with Gasteiger partial charge in [0.15, 0.2) is 0 Å². The van der Waals surface area contributed by atoms with Crippen LogP contribution in [0, 0.1) is 22.7 Å². The number of nitriles is 2. The highest BCUT2D eigenvalue weighted by Crippen LogP contribution is 2.32. The van der Waals surface area contributed by atoms with Crippen LogP contribution < -0.4 is 16.0 Å². The molecule has 1 aliphatic rings. The molecule has 3 N–H and O–H groups in total. The summed E-state index contributed by atoms with van der Waals surface area (Å²) in [5, 5.41) is 28.0. The van der Waals surface area contributed by atoms with E-state index >= 15 is 0 Å². The quantitative estimate of drug-likeness (QED) is 0.577. The van der Waals surface area contributed by atoms with E-state index in [4.69, 9.17) is 5.26 Å². The summed E-state index contributed by atoms with van der Waals surface area (Å²) in [6.45, 7) is 0.630. The molecule has 4 rings (SSSR count). The van der Waals surface area contributed by atoms with Crippen LogP contribution in [0.2, 0.25) is 0 Å². The van der Waals surface area contributed by atoms with E-state index < -0.39 is 6.04 Å². The fourth-order valence-electron chi connectivity index (χ4n) is 3.67. The largest absolute Gasteiger partial charge is 0.369 e. The molecule has 0 spiro atoms. The van der Waals surface area contributed by atoms with Crippen LogP contribution in [0.15, 0.2) is 67.0 Å². The number of nitrogens with one attached hydrogen (secondary N) is 3. The van der Waals surface area contributed by atoms with Gasteiger partial charge in [-0.2, -0.15) is 10.5 Å². The molecule has 2 atom stereocenters. The Morgan fingerprint density at radius 1 is 1.03 bits per heavy atom. The van der Waals surface area contributed by atoms with Crippen LogP contribution in [0.25, 0.3) is 0 Å². The molecule has 1 aromatic heterocycles. The first-order valence-electron chi connectivity index (χ1n) is 9.92. The minimum absolute atomic E-state index is 0.191. The van der Waals surface area contributed by atoms with Crippen molar-refractivity contribution in [2.75, 3.05) is 17.2 Å². The van der Waals surface area contributed by atoms with Crippen LogP contribution in [-0.4, -0.2) is 23.5 Å². The topological polar surface area (TPSA) is 114 Å². The first-order chi connectivity index (χ1) is 15.2. The molecule has 0 saturated heterocycles. The summed E-state index contributed by atoms with van der Waals surface area (Å²) >= 11 is 0. The predicted molar refractivity (Wildman–Crippen MR) is 117 cm³/mol. The molecule has 0 bridgehead atoms. The van der Waals surface area contributed by atoms with E-state index in [2.05, 4.69) is 33.1 Å². The molecule has 0 fully saturated rings. The van der Waals surface area contributed by atoms with Crippen molar-refractivity contribution < 1.29 is 4.79 Å². The summed E-state index contributed by atoms with van der Waals surface area (Å²) in [5.74, 6) is -0.191. The van der Waals surface area contributed by atoms with E-state index in [0.717, 1.165) is 17.5 Å². The smallest absolute Gasteiger partial charge is 0.248 e. The van der Waals surface area contributed by atoms with E-state index in [1.165, 1.54) is 12.4 Å². The average Bonchev–Trinajstić information content (AvgIpc) is 2.82. The number of anilines is 2. The number of hydrogen-bond acceptors (Lipinski definition) is 6. The minimum atomic E-state index is -0.606. The highest BCUT2D eigenvalue weighted by atomic mass is 16.2. The van der Waals surface area contributed by atoms with E-state index in [0.29, 0.717) is 29.0 Å². The van der Waals surface area contributed by atoms with Crippen molar-refractivity contribution in [3.63, 3.8) is 0 Å². The van der Waals surface area contributed by atoms with Crippen molar-refractivity contribution in [1.82, 2.24) is 10.3 Å². The molecule has 1 aliphatic heterocycles. The van der Waals surface area contributed by atoms with Crippen LogP contribution in [0.5, 0.6) is 0 Å². The molecule has 0 unspecified atom stereocenters. The zero-order valence-corrected chi connectivity index (χ0v) is 16.7. The van der Waals surface area contributed by atoms with Gasteiger partial charge >= 0.3 is 0 Å². The Morgan fingerprint density at radius 2 is 1.81 bits per heavy atom. The molecule has 7 nitrogen and oxygen atoms in total. The van der Waals surface area contributed by atoms with Crippen molar-refractivity contribution in [2.45, 2.75) is 18.5 Å². The van der Waals surface area contributed by atoms with Crippen molar-refractivity contribution in [2.24, 2.45) is 0 Å². The third-order valence-electron chi connectivity index (χ3n) is 5.26. The molecule has 0 saturated carbocycles.